The monoisotopic (exact) mass is 548 g/mol. The lowest BCUT2D eigenvalue weighted by atomic mass is 9.74. The number of halogens is 5. The lowest BCUT2D eigenvalue weighted by Crippen LogP contribution is -2.49. The fraction of sp³-hybridized carbons (Fsp3) is 0.556. The smallest absolute Gasteiger partial charge is 0.406 e. The number of alkyl halides is 3. The second kappa shape index (κ2) is 13.9. The van der Waals surface area contributed by atoms with Gasteiger partial charge in [-0.1, -0.05) is 55.3 Å². The van der Waals surface area contributed by atoms with Gasteiger partial charge >= 0.3 is 6.36 Å². The zero-order valence-electron chi connectivity index (χ0n) is 20.6. The molecule has 1 aliphatic carbocycles. The predicted octanol–water partition coefficient (Wildman–Crippen LogP) is 6.44. The van der Waals surface area contributed by atoms with Gasteiger partial charge < -0.3 is 14.7 Å². The summed E-state index contributed by atoms with van der Waals surface area (Å²) in [6, 6.07) is 17.2. The Bertz CT molecular complexity index is 911. The van der Waals surface area contributed by atoms with E-state index in [1.165, 1.54) is 17.7 Å². The van der Waals surface area contributed by atoms with Crippen molar-refractivity contribution in [2.45, 2.75) is 57.0 Å². The van der Waals surface area contributed by atoms with Crippen molar-refractivity contribution in [3.8, 4) is 5.75 Å². The number of hydrogen-bond donors (Lipinski definition) is 1. The molecular weight excluding hydrogens is 512 g/mol. The van der Waals surface area contributed by atoms with Crippen LogP contribution in [0.25, 0.3) is 0 Å². The highest BCUT2D eigenvalue weighted by molar-refractivity contribution is 5.85. The molecule has 1 N–H and O–H groups in total. The first-order valence-corrected chi connectivity index (χ1v) is 12.4. The zero-order chi connectivity index (χ0) is 24.1. The second-order valence-corrected chi connectivity index (χ2v) is 9.67. The van der Waals surface area contributed by atoms with Gasteiger partial charge in [0.15, 0.2) is 0 Å². The van der Waals surface area contributed by atoms with E-state index in [1.54, 1.807) is 6.07 Å². The highest BCUT2D eigenvalue weighted by Crippen LogP contribution is 2.39. The van der Waals surface area contributed by atoms with E-state index in [4.69, 9.17) is 0 Å². The van der Waals surface area contributed by atoms with Crippen molar-refractivity contribution >= 4 is 24.8 Å². The second-order valence-electron chi connectivity index (χ2n) is 9.67. The molecule has 2 unspecified atom stereocenters. The van der Waals surface area contributed by atoms with Crippen molar-refractivity contribution in [3.05, 3.63) is 65.7 Å². The van der Waals surface area contributed by atoms with Crippen LogP contribution in [0.15, 0.2) is 54.6 Å². The molecule has 0 spiro atoms. The Hall–Kier alpha value is -1.51. The summed E-state index contributed by atoms with van der Waals surface area (Å²) >= 11 is 0. The van der Waals surface area contributed by atoms with Crippen molar-refractivity contribution in [1.29, 1.82) is 0 Å². The van der Waals surface area contributed by atoms with Crippen LogP contribution in [0.3, 0.4) is 0 Å². The Balaban J connectivity index is 0.00000228. The molecule has 0 bridgehead atoms. The van der Waals surface area contributed by atoms with Crippen LogP contribution in [0.2, 0.25) is 0 Å². The van der Waals surface area contributed by atoms with E-state index in [-0.39, 0.29) is 42.4 Å². The molecule has 4 nitrogen and oxygen atoms in total. The topological polar surface area (TPSA) is 35.9 Å². The number of hydrogen-bond acceptors (Lipinski definition) is 4. The third-order valence-electron chi connectivity index (χ3n) is 7.51. The maximum atomic E-state index is 12.8. The predicted molar refractivity (Wildman–Crippen MR) is 141 cm³/mol. The Morgan fingerprint density at radius 2 is 1.56 bits per heavy atom. The maximum absolute atomic E-state index is 12.8. The Kier molecular flexibility index (Phi) is 11.8. The summed E-state index contributed by atoms with van der Waals surface area (Å²) in [4.78, 5) is 4.88. The SMILES string of the molecule is C[C@H](c1ccccc1)N1CCN(C[C@H](c2cccc(OC(F)(F)F)c2)C2CCCCC2O)CC1.Cl.Cl. The van der Waals surface area contributed by atoms with Crippen LogP contribution in [-0.4, -0.2) is 60.1 Å². The summed E-state index contributed by atoms with van der Waals surface area (Å²) < 4.78 is 42.6. The molecule has 2 aromatic carbocycles. The van der Waals surface area contributed by atoms with Gasteiger partial charge in [-0.2, -0.15) is 0 Å². The number of rotatable bonds is 7. The molecule has 36 heavy (non-hydrogen) atoms. The molecule has 1 saturated carbocycles. The number of aliphatic hydroxyl groups is 1. The van der Waals surface area contributed by atoms with Gasteiger partial charge in [-0.15, -0.1) is 38.0 Å². The average Bonchev–Trinajstić information content (AvgIpc) is 2.83. The molecule has 9 heteroatoms. The first-order valence-electron chi connectivity index (χ1n) is 12.4. The van der Waals surface area contributed by atoms with Crippen LogP contribution in [-0.2, 0) is 0 Å². The summed E-state index contributed by atoms with van der Waals surface area (Å²) in [5, 5.41) is 10.8. The van der Waals surface area contributed by atoms with Crippen molar-refractivity contribution in [2.75, 3.05) is 32.7 Å². The Labute approximate surface area is 224 Å². The molecule has 2 fully saturated rings. The van der Waals surface area contributed by atoms with Crippen molar-refractivity contribution < 1.29 is 23.0 Å². The summed E-state index contributed by atoms with van der Waals surface area (Å²) in [6.07, 6.45) is -1.46. The maximum Gasteiger partial charge on any atom is 0.573 e. The fourth-order valence-electron chi connectivity index (χ4n) is 5.59. The lowest BCUT2D eigenvalue weighted by molar-refractivity contribution is -0.274. The summed E-state index contributed by atoms with van der Waals surface area (Å²) in [5.41, 5.74) is 2.12. The van der Waals surface area contributed by atoms with Crippen LogP contribution in [0.1, 0.15) is 55.7 Å². The Morgan fingerprint density at radius 3 is 2.19 bits per heavy atom. The average molecular weight is 550 g/mol. The van der Waals surface area contributed by atoms with Crippen LogP contribution < -0.4 is 4.74 Å². The van der Waals surface area contributed by atoms with Crippen molar-refractivity contribution in [1.82, 2.24) is 9.80 Å². The summed E-state index contributed by atoms with van der Waals surface area (Å²) in [7, 11) is 0. The van der Waals surface area contributed by atoms with Crippen LogP contribution >= 0.6 is 24.8 Å². The molecular formula is C27H37Cl2F3N2O2. The van der Waals surface area contributed by atoms with Gasteiger partial charge in [-0.05, 0) is 48.9 Å². The van der Waals surface area contributed by atoms with Crippen molar-refractivity contribution in [3.63, 3.8) is 0 Å². The summed E-state index contributed by atoms with van der Waals surface area (Å²) in [5.74, 6) is -0.192. The van der Waals surface area contributed by atoms with E-state index in [1.807, 2.05) is 12.1 Å². The Morgan fingerprint density at radius 1 is 0.917 bits per heavy atom. The molecule has 1 saturated heterocycles. The number of piperazine rings is 1. The van der Waals surface area contributed by atoms with Gasteiger partial charge in [-0.25, -0.2) is 0 Å². The third kappa shape index (κ3) is 8.25. The third-order valence-corrected chi connectivity index (χ3v) is 7.51. The first-order chi connectivity index (χ1) is 16.3. The molecule has 4 atom stereocenters. The standard InChI is InChI=1S/C27H35F3N2O2.2ClH/c1-20(21-8-3-2-4-9-21)32-16-14-31(15-17-32)19-25(24-12-5-6-13-26(24)33)22-10-7-11-23(18-22)34-27(28,29)30;;/h2-4,7-11,18,20,24-26,33H,5-6,12-17,19H2,1H3;2*1H/t20-,24?,25-,26?;;/m1../s1. The highest BCUT2D eigenvalue weighted by Gasteiger charge is 2.35. The van der Waals surface area contributed by atoms with Gasteiger partial charge in [0.1, 0.15) is 5.75 Å². The molecule has 2 aliphatic rings. The normalized spacial score (nSPS) is 23.1. The number of benzene rings is 2. The minimum Gasteiger partial charge on any atom is -0.406 e. The molecule has 4 rings (SSSR count). The largest absolute Gasteiger partial charge is 0.573 e. The van der Waals surface area contributed by atoms with Gasteiger partial charge in [0, 0.05) is 44.7 Å². The lowest BCUT2D eigenvalue weighted by Gasteiger charge is -2.42. The molecule has 202 valence electrons. The molecule has 0 radical (unpaired) electrons. The van der Waals surface area contributed by atoms with E-state index < -0.39 is 12.5 Å². The number of ether oxygens (including phenoxy) is 1. The zero-order valence-corrected chi connectivity index (χ0v) is 22.2. The van der Waals surface area contributed by atoms with Crippen LogP contribution in [0.5, 0.6) is 5.75 Å². The van der Waals surface area contributed by atoms with Crippen molar-refractivity contribution in [2.24, 2.45) is 5.92 Å². The van der Waals surface area contributed by atoms with E-state index in [0.717, 1.165) is 64.0 Å². The molecule has 1 aliphatic heterocycles. The molecule has 2 aromatic rings. The van der Waals surface area contributed by atoms with Gasteiger partial charge in [-0.3, -0.25) is 4.90 Å². The summed E-state index contributed by atoms with van der Waals surface area (Å²) in [6.45, 7) is 6.63. The number of nitrogens with zero attached hydrogens (tertiary/aromatic N) is 2. The minimum atomic E-state index is -4.72. The van der Waals surface area contributed by atoms with E-state index in [9.17, 15) is 18.3 Å². The molecule has 1 heterocycles. The van der Waals surface area contributed by atoms with Gasteiger partial charge in [0.05, 0.1) is 6.10 Å². The van der Waals surface area contributed by atoms with E-state index in [2.05, 4.69) is 45.7 Å². The van der Waals surface area contributed by atoms with E-state index >= 15 is 0 Å². The highest BCUT2D eigenvalue weighted by atomic mass is 35.5. The first kappa shape index (κ1) is 30.7. The molecule has 0 amide bonds. The van der Waals surface area contributed by atoms with E-state index in [0.29, 0.717) is 6.04 Å². The molecule has 0 aromatic heterocycles. The number of aliphatic hydroxyl groups excluding tert-OH is 1. The van der Waals surface area contributed by atoms with Gasteiger partial charge in [0.25, 0.3) is 0 Å². The minimum absolute atomic E-state index is 0. The quantitative estimate of drug-likeness (QED) is 0.431. The van der Waals surface area contributed by atoms with Crippen LogP contribution in [0, 0.1) is 5.92 Å². The van der Waals surface area contributed by atoms with Gasteiger partial charge in [0.2, 0.25) is 0 Å². The fourth-order valence-corrected chi connectivity index (χ4v) is 5.59. The van der Waals surface area contributed by atoms with Crippen LogP contribution in [0.4, 0.5) is 13.2 Å².